The predicted octanol–water partition coefficient (Wildman–Crippen LogP) is 2.92. The number of carbonyl (C=O) groups excluding carboxylic acids is 2. The number of carbonyl (C=O) groups is 2. The molecule has 1 atom stereocenters. The molecule has 0 bridgehead atoms. The smallest absolute Gasteiger partial charge is 0.333 e. The maximum Gasteiger partial charge on any atom is 0.333 e. The molecule has 0 radical (unpaired) electrons. The Labute approximate surface area is 117 Å². The number of ketones is 1. The molecule has 2 aliphatic rings. The highest BCUT2D eigenvalue weighted by atomic mass is 16.5. The van der Waals surface area contributed by atoms with E-state index in [1.165, 1.54) is 7.11 Å². The molecular formula is C17H16O3. The molecule has 0 fully saturated rings. The Hall–Kier alpha value is -2.16. The highest BCUT2D eigenvalue weighted by Gasteiger charge is 2.35. The third-order valence-electron chi connectivity index (χ3n) is 4.04. The maximum atomic E-state index is 12.3. The number of allylic oxidation sites excluding steroid dienone is 3. The van der Waals surface area contributed by atoms with E-state index >= 15 is 0 Å². The van der Waals surface area contributed by atoms with E-state index in [0.717, 1.165) is 23.1 Å². The Morgan fingerprint density at radius 3 is 2.70 bits per heavy atom. The number of methoxy groups -OCH3 is 1. The first-order valence-corrected chi connectivity index (χ1v) is 6.82. The molecule has 3 heteroatoms. The predicted molar refractivity (Wildman–Crippen MR) is 75.8 cm³/mol. The van der Waals surface area contributed by atoms with Crippen molar-refractivity contribution in [3.63, 3.8) is 0 Å². The van der Waals surface area contributed by atoms with Crippen LogP contribution in [0.2, 0.25) is 0 Å². The van der Waals surface area contributed by atoms with E-state index in [0.29, 0.717) is 18.4 Å². The molecule has 1 aromatic rings. The minimum Gasteiger partial charge on any atom is -0.466 e. The van der Waals surface area contributed by atoms with Gasteiger partial charge in [0.25, 0.3) is 0 Å². The standard InChI is InChI=1S/C17H16O3/c1-20-17(19)13-8-7-12-10-15(18)16(14(12)9-13)11-5-3-2-4-6-11/h2-6,9,12H,7-8,10H2,1H3. The van der Waals surface area contributed by atoms with Crippen LogP contribution in [0.5, 0.6) is 0 Å². The zero-order chi connectivity index (χ0) is 14.1. The zero-order valence-corrected chi connectivity index (χ0v) is 11.4. The van der Waals surface area contributed by atoms with Crippen LogP contribution in [-0.4, -0.2) is 18.9 Å². The summed E-state index contributed by atoms with van der Waals surface area (Å²) in [7, 11) is 1.39. The number of Topliss-reactive ketones (excluding diaryl/α,β-unsaturated/α-hetero) is 1. The molecule has 0 saturated carbocycles. The second-order valence-electron chi connectivity index (χ2n) is 5.22. The molecule has 0 amide bonds. The SMILES string of the molecule is COC(=O)C1=CC2=C(c3ccccc3)C(=O)CC2CC1. The van der Waals surface area contributed by atoms with Crippen LogP contribution in [0.3, 0.4) is 0 Å². The number of esters is 1. The molecule has 0 saturated heterocycles. The summed E-state index contributed by atoms with van der Waals surface area (Å²) in [5.41, 5.74) is 3.39. The van der Waals surface area contributed by atoms with Crippen molar-refractivity contribution in [2.45, 2.75) is 19.3 Å². The van der Waals surface area contributed by atoms with Crippen LogP contribution in [0.15, 0.2) is 47.6 Å². The summed E-state index contributed by atoms with van der Waals surface area (Å²) in [4.78, 5) is 24.0. The first-order chi connectivity index (χ1) is 9.70. The number of benzene rings is 1. The van der Waals surface area contributed by atoms with E-state index in [-0.39, 0.29) is 17.7 Å². The average molecular weight is 268 g/mol. The lowest BCUT2D eigenvalue weighted by atomic mass is 9.85. The molecule has 0 N–H and O–H groups in total. The average Bonchev–Trinajstić information content (AvgIpc) is 2.82. The molecule has 3 rings (SSSR count). The number of hydrogen-bond acceptors (Lipinski definition) is 3. The Morgan fingerprint density at radius 1 is 1.25 bits per heavy atom. The van der Waals surface area contributed by atoms with Gasteiger partial charge in [-0.05, 0) is 36.0 Å². The molecule has 0 aromatic heterocycles. The number of fused-ring (bicyclic) bond motifs is 1. The van der Waals surface area contributed by atoms with Crippen molar-refractivity contribution in [3.05, 3.63) is 53.1 Å². The molecule has 1 aromatic carbocycles. The van der Waals surface area contributed by atoms with E-state index in [2.05, 4.69) is 0 Å². The van der Waals surface area contributed by atoms with Crippen molar-refractivity contribution >= 4 is 17.3 Å². The van der Waals surface area contributed by atoms with Crippen molar-refractivity contribution in [1.29, 1.82) is 0 Å². The van der Waals surface area contributed by atoms with Crippen molar-refractivity contribution in [3.8, 4) is 0 Å². The van der Waals surface area contributed by atoms with Gasteiger partial charge in [-0.15, -0.1) is 0 Å². The summed E-state index contributed by atoms with van der Waals surface area (Å²) in [6.45, 7) is 0. The third kappa shape index (κ3) is 2.09. The van der Waals surface area contributed by atoms with E-state index < -0.39 is 0 Å². The fraction of sp³-hybridized carbons (Fsp3) is 0.294. The molecule has 0 heterocycles. The molecule has 3 nitrogen and oxygen atoms in total. The Balaban J connectivity index is 2.10. The van der Waals surface area contributed by atoms with Crippen molar-refractivity contribution in [1.82, 2.24) is 0 Å². The Morgan fingerprint density at radius 2 is 2.00 bits per heavy atom. The van der Waals surface area contributed by atoms with Gasteiger partial charge in [-0.1, -0.05) is 30.3 Å². The maximum absolute atomic E-state index is 12.3. The summed E-state index contributed by atoms with van der Waals surface area (Å²) in [6, 6.07) is 9.68. The first kappa shape index (κ1) is 12.9. The van der Waals surface area contributed by atoms with Gasteiger partial charge in [0.1, 0.15) is 0 Å². The topological polar surface area (TPSA) is 43.4 Å². The van der Waals surface area contributed by atoms with Crippen molar-refractivity contribution < 1.29 is 14.3 Å². The quantitative estimate of drug-likeness (QED) is 0.775. The first-order valence-electron chi connectivity index (χ1n) is 6.82. The van der Waals surface area contributed by atoms with Crippen LogP contribution in [0.25, 0.3) is 5.57 Å². The summed E-state index contributed by atoms with van der Waals surface area (Å²) in [5.74, 6) is 0.146. The van der Waals surface area contributed by atoms with Crippen LogP contribution in [-0.2, 0) is 14.3 Å². The van der Waals surface area contributed by atoms with Crippen molar-refractivity contribution in [2.75, 3.05) is 7.11 Å². The van der Waals surface area contributed by atoms with Gasteiger partial charge >= 0.3 is 5.97 Å². The number of hydrogen-bond donors (Lipinski definition) is 0. The second-order valence-corrected chi connectivity index (χ2v) is 5.22. The van der Waals surface area contributed by atoms with E-state index in [4.69, 9.17) is 4.74 Å². The van der Waals surface area contributed by atoms with Crippen LogP contribution in [0, 0.1) is 5.92 Å². The molecule has 2 aliphatic carbocycles. The minimum atomic E-state index is -0.289. The summed E-state index contributed by atoms with van der Waals surface area (Å²) < 4.78 is 4.79. The summed E-state index contributed by atoms with van der Waals surface area (Å²) >= 11 is 0. The second kappa shape index (κ2) is 5.08. The van der Waals surface area contributed by atoms with E-state index in [1.54, 1.807) is 0 Å². The van der Waals surface area contributed by atoms with E-state index in [1.807, 2.05) is 36.4 Å². The van der Waals surface area contributed by atoms with Gasteiger partial charge in [-0.2, -0.15) is 0 Å². The van der Waals surface area contributed by atoms with Gasteiger partial charge in [0.15, 0.2) is 5.78 Å². The normalized spacial score (nSPS) is 21.6. The number of rotatable bonds is 2. The van der Waals surface area contributed by atoms with Crippen LogP contribution in [0.1, 0.15) is 24.8 Å². The third-order valence-corrected chi connectivity index (χ3v) is 4.04. The van der Waals surface area contributed by atoms with Crippen LogP contribution < -0.4 is 0 Å². The van der Waals surface area contributed by atoms with Crippen LogP contribution >= 0.6 is 0 Å². The zero-order valence-electron chi connectivity index (χ0n) is 11.4. The van der Waals surface area contributed by atoms with Gasteiger partial charge in [0, 0.05) is 17.6 Å². The Kier molecular flexibility index (Phi) is 3.26. The highest BCUT2D eigenvalue weighted by molar-refractivity contribution is 6.24. The highest BCUT2D eigenvalue weighted by Crippen LogP contribution is 2.42. The molecule has 0 spiro atoms. The lowest BCUT2D eigenvalue weighted by molar-refractivity contribution is -0.136. The minimum absolute atomic E-state index is 0.179. The van der Waals surface area contributed by atoms with Gasteiger partial charge in [-0.3, -0.25) is 4.79 Å². The molecule has 20 heavy (non-hydrogen) atoms. The van der Waals surface area contributed by atoms with Gasteiger partial charge < -0.3 is 4.74 Å². The van der Waals surface area contributed by atoms with Crippen molar-refractivity contribution in [2.24, 2.45) is 5.92 Å². The summed E-state index contributed by atoms with van der Waals surface area (Å²) in [6.07, 6.45) is 3.96. The largest absolute Gasteiger partial charge is 0.466 e. The van der Waals surface area contributed by atoms with Crippen LogP contribution in [0.4, 0.5) is 0 Å². The van der Waals surface area contributed by atoms with Gasteiger partial charge in [0.05, 0.1) is 7.11 Å². The fourth-order valence-corrected chi connectivity index (χ4v) is 3.06. The lowest BCUT2D eigenvalue weighted by Crippen LogP contribution is -2.13. The summed E-state index contributed by atoms with van der Waals surface area (Å²) in [5, 5.41) is 0. The molecule has 1 unspecified atom stereocenters. The molecule has 0 aliphatic heterocycles. The molecule has 102 valence electrons. The van der Waals surface area contributed by atoms with E-state index in [9.17, 15) is 9.59 Å². The number of ether oxygens (including phenoxy) is 1. The van der Waals surface area contributed by atoms with Gasteiger partial charge in [0.2, 0.25) is 0 Å². The Bertz CT molecular complexity index is 623. The monoisotopic (exact) mass is 268 g/mol. The van der Waals surface area contributed by atoms with Gasteiger partial charge in [-0.25, -0.2) is 4.79 Å². The molecular weight excluding hydrogens is 252 g/mol. The lowest BCUT2D eigenvalue weighted by Gasteiger charge is -2.19. The fourth-order valence-electron chi connectivity index (χ4n) is 3.06.